The van der Waals surface area contributed by atoms with Crippen LogP contribution in [0.2, 0.25) is 0 Å². The molecule has 1 saturated heterocycles. The highest BCUT2D eigenvalue weighted by atomic mass is 16.5. The molecule has 2 atom stereocenters. The van der Waals surface area contributed by atoms with Crippen molar-refractivity contribution in [2.24, 2.45) is 5.41 Å². The predicted molar refractivity (Wildman–Crippen MR) is 51.8 cm³/mol. The van der Waals surface area contributed by atoms with Crippen molar-refractivity contribution in [2.45, 2.75) is 18.8 Å². The average Bonchev–Trinajstić information content (AvgIpc) is 2.77. The highest BCUT2D eigenvalue weighted by molar-refractivity contribution is 5.91. The van der Waals surface area contributed by atoms with E-state index in [0.29, 0.717) is 6.61 Å². The van der Waals surface area contributed by atoms with Crippen LogP contribution in [0.4, 0.5) is 0 Å². The summed E-state index contributed by atoms with van der Waals surface area (Å²) < 4.78 is 5.14. The molecule has 2 heteroatoms. The Bertz CT molecular complexity index is 398. The van der Waals surface area contributed by atoms with Crippen molar-refractivity contribution in [1.29, 1.82) is 0 Å². The molecule has 1 aliphatic carbocycles. The average molecular weight is 188 g/mol. The minimum Gasteiger partial charge on any atom is -0.464 e. The van der Waals surface area contributed by atoms with E-state index >= 15 is 0 Å². The minimum atomic E-state index is -0.311. The van der Waals surface area contributed by atoms with E-state index in [1.165, 1.54) is 0 Å². The summed E-state index contributed by atoms with van der Waals surface area (Å²) in [5.74, 6) is -0.0359. The molecule has 14 heavy (non-hydrogen) atoms. The summed E-state index contributed by atoms with van der Waals surface area (Å²) in [6.07, 6.45) is 0.947. The van der Waals surface area contributed by atoms with E-state index in [4.69, 9.17) is 4.74 Å². The van der Waals surface area contributed by atoms with Crippen molar-refractivity contribution in [1.82, 2.24) is 0 Å². The Balaban J connectivity index is 2.12. The number of carbonyl (C=O) groups excluding carboxylic acids is 1. The largest absolute Gasteiger partial charge is 0.464 e. The van der Waals surface area contributed by atoms with Gasteiger partial charge in [-0.25, -0.2) is 0 Å². The number of rotatable bonds is 1. The fourth-order valence-electron chi connectivity index (χ4n) is 2.67. The van der Waals surface area contributed by atoms with Gasteiger partial charge in [0.15, 0.2) is 0 Å². The zero-order valence-electron chi connectivity index (χ0n) is 8.12. The number of hydrogen-bond donors (Lipinski definition) is 0. The van der Waals surface area contributed by atoms with Gasteiger partial charge in [0.05, 0.1) is 6.61 Å². The van der Waals surface area contributed by atoms with Gasteiger partial charge in [-0.15, -0.1) is 0 Å². The van der Waals surface area contributed by atoms with Crippen LogP contribution in [0.15, 0.2) is 30.3 Å². The Morgan fingerprint density at radius 3 is 2.50 bits per heavy atom. The molecule has 1 aliphatic heterocycles. The van der Waals surface area contributed by atoms with E-state index in [9.17, 15) is 4.79 Å². The zero-order chi connectivity index (χ0) is 9.81. The number of esters is 1. The Hall–Kier alpha value is -1.31. The maximum atomic E-state index is 11.7. The number of cyclic esters (lactones) is 1. The molecule has 0 bridgehead atoms. The molecule has 1 aromatic rings. The van der Waals surface area contributed by atoms with Crippen LogP contribution in [0.1, 0.15) is 18.9 Å². The highest BCUT2D eigenvalue weighted by Gasteiger charge is 2.75. The molecule has 1 heterocycles. The van der Waals surface area contributed by atoms with Gasteiger partial charge in [0.2, 0.25) is 0 Å². The normalized spacial score (nSPS) is 39.1. The van der Waals surface area contributed by atoms with Gasteiger partial charge in [-0.1, -0.05) is 37.3 Å². The third-order valence-corrected chi connectivity index (χ3v) is 3.70. The van der Waals surface area contributed by atoms with Gasteiger partial charge >= 0.3 is 5.97 Å². The second-order valence-electron chi connectivity index (χ2n) is 4.58. The number of carbonyl (C=O) groups is 1. The fourth-order valence-corrected chi connectivity index (χ4v) is 2.67. The van der Waals surface area contributed by atoms with Crippen LogP contribution in [0, 0.1) is 5.41 Å². The van der Waals surface area contributed by atoms with E-state index in [1.807, 2.05) is 30.3 Å². The molecule has 0 amide bonds. The summed E-state index contributed by atoms with van der Waals surface area (Å²) >= 11 is 0. The van der Waals surface area contributed by atoms with Crippen molar-refractivity contribution in [3.8, 4) is 0 Å². The van der Waals surface area contributed by atoms with Crippen molar-refractivity contribution in [3.63, 3.8) is 0 Å². The first-order chi connectivity index (χ1) is 6.69. The fraction of sp³-hybridized carbons (Fsp3) is 0.417. The third-order valence-electron chi connectivity index (χ3n) is 3.70. The van der Waals surface area contributed by atoms with Crippen LogP contribution in [-0.4, -0.2) is 12.6 Å². The van der Waals surface area contributed by atoms with Crippen LogP contribution in [0.5, 0.6) is 0 Å². The van der Waals surface area contributed by atoms with Crippen LogP contribution >= 0.6 is 0 Å². The lowest BCUT2D eigenvalue weighted by Gasteiger charge is -2.10. The lowest BCUT2D eigenvalue weighted by Crippen LogP contribution is -2.20. The van der Waals surface area contributed by atoms with Crippen LogP contribution in [0.25, 0.3) is 0 Å². The van der Waals surface area contributed by atoms with Crippen LogP contribution in [0.3, 0.4) is 0 Å². The molecule has 2 fully saturated rings. The first-order valence-electron chi connectivity index (χ1n) is 4.92. The minimum absolute atomic E-state index is 0.0359. The number of ether oxygens (including phenoxy) is 1. The topological polar surface area (TPSA) is 26.3 Å². The number of fused-ring (bicyclic) bond motifs is 1. The molecule has 2 aliphatic rings. The molecule has 0 aromatic heterocycles. The van der Waals surface area contributed by atoms with E-state index in [1.54, 1.807) is 0 Å². The van der Waals surface area contributed by atoms with Crippen molar-refractivity contribution >= 4 is 5.97 Å². The Morgan fingerprint density at radius 1 is 1.29 bits per heavy atom. The molecular weight excluding hydrogens is 176 g/mol. The number of benzene rings is 1. The first-order valence-corrected chi connectivity index (χ1v) is 4.92. The molecule has 0 radical (unpaired) electrons. The van der Waals surface area contributed by atoms with Gasteiger partial charge in [0.1, 0.15) is 5.41 Å². The Kier molecular flexibility index (Phi) is 1.26. The van der Waals surface area contributed by atoms with Crippen molar-refractivity contribution in [2.75, 3.05) is 6.61 Å². The molecule has 0 N–H and O–H groups in total. The van der Waals surface area contributed by atoms with Crippen molar-refractivity contribution < 1.29 is 9.53 Å². The summed E-state index contributed by atoms with van der Waals surface area (Å²) in [6.45, 7) is 2.71. The maximum absolute atomic E-state index is 11.7. The molecule has 0 spiro atoms. The van der Waals surface area contributed by atoms with E-state index in [-0.39, 0.29) is 16.8 Å². The maximum Gasteiger partial charge on any atom is 0.317 e. The van der Waals surface area contributed by atoms with Crippen LogP contribution in [-0.2, 0) is 14.9 Å². The van der Waals surface area contributed by atoms with E-state index in [0.717, 1.165) is 12.0 Å². The standard InChI is InChI=1S/C12H12O2/c1-11-7-12(11,10(13)14-8-11)9-5-3-2-4-6-9/h2-6H,7-8H2,1H3/t11-,12-/m0/s1. The molecular formula is C12H12O2. The summed E-state index contributed by atoms with van der Waals surface area (Å²) in [5, 5.41) is 0. The molecule has 0 unspecified atom stereocenters. The van der Waals surface area contributed by atoms with Crippen molar-refractivity contribution in [3.05, 3.63) is 35.9 Å². The second kappa shape index (κ2) is 2.19. The summed E-state index contributed by atoms with van der Waals surface area (Å²) in [6, 6.07) is 9.98. The van der Waals surface area contributed by atoms with E-state index < -0.39 is 0 Å². The van der Waals surface area contributed by atoms with E-state index in [2.05, 4.69) is 6.92 Å². The van der Waals surface area contributed by atoms with Gasteiger partial charge in [0.25, 0.3) is 0 Å². The van der Waals surface area contributed by atoms with Gasteiger partial charge in [0, 0.05) is 5.41 Å². The quantitative estimate of drug-likeness (QED) is 0.629. The summed E-state index contributed by atoms with van der Waals surface area (Å²) in [4.78, 5) is 11.7. The lowest BCUT2D eigenvalue weighted by atomic mass is 9.89. The van der Waals surface area contributed by atoms with Crippen LogP contribution < -0.4 is 0 Å². The van der Waals surface area contributed by atoms with Gasteiger partial charge in [-0.05, 0) is 12.0 Å². The first kappa shape index (κ1) is 8.04. The summed E-state index contributed by atoms with van der Waals surface area (Å²) in [5.41, 5.74) is 0.865. The van der Waals surface area contributed by atoms with Gasteiger partial charge in [-0.3, -0.25) is 4.79 Å². The molecule has 2 nitrogen and oxygen atoms in total. The Morgan fingerprint density at radius 2 is 2.00 bits per heavy atom. The molecule has 3 rings (SSSR count). The molecule has 1 saturated carbocycles. The predicted octanol–water partition coefficient (Wildman–Crippen LogP) is 1.89. The van der Waals surface area contributed by atoms with Gasteiger partial charge in [-0.2, -0.15) is 0 Å². The molecule has 1 aromatic carbocycles. The molecule has 72 valence electrons. The highest BCUT2D eigenvalue weighted by Crippen LogP contribution is 2.68. The number of hydrogen-bond acceptors (Lipinski definition) is 2. The Labute approximate surface area is 82.9 Å². The second-order valence-corrected chi connectivity index (χ2v) is 4.58. The smallest absolute Gasteiger partial charge is 0.317 e. The third kappa shape index (κ3) is 0.707. The monoisotopic (exact) mass is 188 g/mol. The zero-order valence-corrected chi connectivity index (χ0v) is 8.12. The lowest BCUT2D eigenvalue weighted by molar-refractivity contribution is -0.142. The van der Waals surface area contributed by atoms with Gasteiger partial charge < -0.3 is 4.74 Å². The summed E-state index contributed by atoms with van der Waals surface area (Å²) in [7, 11) is 0. The SMILES string of the molecule is C[C@]12COC(=O)[C@@]1(c1ccccc1)C2.